The van der Waals surface area contributed by atoms with Gasteiger partial charge in [-0.05, 0) is 25.7 Å². The molecule has 0 unspecified atom stereocenters. The zero-order valence-electron chi connectivity index (χ0n) is 7.95. The number of ketones is 2. The summed E-state index contributed by atoms with van der Waals surface area (Å²) in [6.45, 7) is 0. The molecule has 4 fully saturated rings. The van der Waals surface area contributed by atoms with E-state index < -0.39 is 11.1 Å². The van der Waals surface area contributed by atoms with E-state index in [1.54, 1.807) is 0 Å². The first-order valence-corrected chi connectivity index (χ1v) is 5.11. The molecule has 0 aromatic carbocycles. The molecule has 4 saturated carbocycles. The van der Waals surface area contributed by atoms with E-state index in [4.69, 9.17) is 11.5 Å². The molecule has 4 bridgehead atoms. The molecule has 4 rings (SSSR count). The van der Waals surface area contributed by atoms with E-state index in [0.29, 0.717) is 25.7 Å². The van der Waals surface area contributed by atoms with Gasteiger partial charge in [0.25, 0.3) is 0 Å². The summed E-state index contributed by atoms with van der Waals surface area (Å²) in [4.78, 5) is 23.7. The van der Waals surface area contributed by atoms with Crippen LogP contribution >= 0.6 is 0 Å². The van der Waals surface area contributed by atoms with E-state index in [-0.39, 0.29) is 23.4 Å². The lowest BCUT2D eigenvalue weighted by molar-refractivity contribution is -0.155. The summed E-state index contributed by atoms with van der Waals surface area (Å²) in [6, 6.07) is 0. The normalized spacial score (nSPS) is 55.6. The van der Waals surface area contributed by atoms with Crippen molar-refractivity contribution in [2.24, 2.45) is 23.3 Å². The van der Waals surface area contributed by atoms with Gasteiger partial charge in [-0.2, -0.15) is 0 Å². The summed E-state index contributed by atoms with van der Waals surface area (Å²) in [5, 5.41) is 0. The molecule has 0 aliphatic heterocycles. The van der Waals surface area contributed by atoms with Crippen LogP contribution in [0.3, 0.4) is 0 Å². The Balaban J connectivity index is 2.11. The van der Waals surface area contributed by atoms with Crippen LogP contribution in [-0.2, 0) is 9.59 Å². The van der Waals surface area contributed by atoms with Crippen molar-refractivity contribution in [2.45, 2.75) is 36.8 Å². The molecule has 4 N–H and O–H groups in total. The van der Waals surface area contributed by atoms with Gasteiger partial charge in [0.1, 0.15) is 0 Å². The predicted octanol–water partition coefficient (Wildman–Crippen LogP) is -0.647. The Bertz CT molecular complexity index is 322. The third kappa shape index (κ3) is 0.769. The number of rotatable bonds is 0. The van der Waals surface area contributed by atoms with Gasteiger partial charge in [0.05, 0.1) is 11.1 Å². The van der Waals surface area contributed by atoms with Crippen molar-refractivity contribution in [3.63, 3.8) is 0 Å². The molecule has 14 heavy (non-hydrogen) atoms. The third-order valence-electron chi connectivity index (χ3n) is 4.14. The van der Waals surface area contributed by atoms with Crippen molar-refractivity contribution >= 4 is 11.6 Å². The predicted molar refractivity (Wildman–Crippen MR) is 49.3 cm³/mol. The van der Waals surface area contributed by atoms with Crippen LogP contribution in [0.5, 0.6) is 0 Å². The third-order valence-corrected chi connectivity index (χ3v) is 4.14. The Morgan fingerprint density at radius 3 is 1.79 bits per heavy atom. The molecule has 4 nitrogen and oxygen atoms in total. The fourth-order valence-corrected chi connectivity index (χ4v) is 3.68. The Labute approximate surface area is 82.0 Å². The molecule has 4 aliphatic carbocycles. The molecule has 0 amide bonds. The van der Waals surface area contributed by atoms with Gasteiger partial charge in [-0.3, -0.25) is 9.59 Å². The van der Waals surface area contributed by atoms with Crippen LogP contribution in [0.4, 0.5) is 0 Å². The molecule has 4 heteroatoms. The molecule has 76 valence electrons. The Morgan fingerprint density at radius 1 is 1.00 bits per heavy atom. The minimum Gasteiger partial charge on any atom is -0.319 e. The lowest BCUT2D eigenvalue weighted by Gasteiger charge is -2.56. The molecule has 0 aromatic heterocycles. The molecule has 0 saturated heterocycles. The van der Waals surface area contributed by atoms with Gasteiger partial charge in [0, 0.05) is 11.8 Å². The van der Waals surface area contributed by atoms with Crippen LogP contribution in [0, 0.1) is 11.8 Å². The highest BCUT2D eigenvalue weighted by Crippen LogP contribution is 2.51. The standard InChI is InChI=1S/C10H14N2O2/c11-9-2-5-1-6(8(9)14)3-10(12,4-9)7(5)13/h5-6H,1-4,11-12H2/t5-,6+,9+,10-. The van der Waals surface area contributed by atoms with Gasteiger partial charge in [-0.1, -0.05) is 0 Å². The van der Waals surface area contributed by atoms with E-state index >= 15 is 0 Å². The van der Waals surface area contributed by atoms with Crippen molar-refractivity contribution in [1.29, 1.82) is 0 Å². The largest absolute Gasteiger partial charge is 0.319 e. The number of nitrogens with two attached hydrogens (primary N) is 2. The molecule has 0 aromatic rings. The maximum absolute atomic E-state index is 11.9. The molecule has 4 aliphatic rings. The Hall–Kier alpha value is -0.740. The average molecular weight is 194 g/mol. The maximum atomic E-state index is 11.9. The highest BCUT2D eigenvalue weighted by molar-refractivity contribution is 6.03. The summed E-state index contributed by atoms with van der Waals surface area (Å²) in [5.41, 5.74) is 10.5. The molecule has 0 radical (unpaired) electrons. The first-order chi connectivity index (χ1) is 6.45. The number of carbonyl (C=O) groups is 2. The summed E-state index contributed by atoms with van der Waals surface area (Å²) in [6.07, 6.45) is 2.11. The second-order valence-electron chi connectivity index (χ2n) is 5.26. The first kappa shape index (κ1) is 8.56. The second kappa shape index (κ2) is 2.09. The fourth-order valence-electron chi connectivity index (χ4n) is 3.68. The quantitative estimate of drug-likeness (QED) is 0.536. The van der Waals surface area contributed by atoms with Gasteiger partial charge >= 0.3 is 0 Å². The average Bonchev–Trinajstić information content (AvgIpc) is 2.06. The Morgan fingerprint density at radius 2 is 1.43 bits per heavy atom. The van der Waals surface area contributed by atoms with E-state index in [0.717, 1.165) is 0 Å². The van der Waals surface area contributed by atoms with Crippen LogP contribution in [-0.4, -0.2) is 22.6 Å². The Kier molecular flexibility index (Phi) is 1.28. The summed E-state index contributed by atoms with van der Waals surface area (Å²) in [5.74, 6) is 0.190. The highest BCUT2D eigenvalue weighted by atomic mass is 16.1. The molecule has 0 spiro atoms. The van der Waals surface area contributed by atoms with Crippen molar-refractivity contribution in [3.05, 3.63) is 0 Å². The van der Waals surface area contributed by atoms with Gasteiger partial charge in [0.2, 0.25) is 0 Å². The first-order valence-electron chi connectivity index (χ1n) is 5.11. The maximum Gasteiger partial charge on any atom is 0.155 e. The minimum absolute atomic E-state index is 0.0461. The zero-order chi connectivity index (χ0) is 10.1. The monoisotopic (exact) mass is 194 g/mol. The second-order valence-corrected chi connectivity index (χ2v) is 5.26. The summed E-state index contributed by atoms with van der Waals surface area (Å²) in [7, 11) is 0. The fraction of sp³-hybridized carbons (Fsp3) is 0.800. The molecule has 4 atom stereocenters. The van der Waals surface area contributed by atoms with Gasteiger partial charge in [-0.25, -0.2) is 0 Å². The molecule has 0 heterocycles. The van der Waals surface area contributed by atoms with Crippen LogP contribution < -0.4 is 11.5 Å². The highest BCUT2D eigenvalue weighted by Gasteiger charge is 2.64. The summed E-state index contributed by atoms with van der Waals surface area (Å²) >= 11 is 0. The smallest absolute Gasteiger partial charge is 0.155 e. The molecular formula is C10H14N2O2. The summed E-state index contributed by atoms with van der Waals surface area (Å²) < 4.78 is 0. The van der Waals surface area contributed by atoms with E-state index in [9.17, 15) is 9.59 Å². The zero-order valence-corrected chi connectivity index (χ0v) is 7.95. The van der Waals surface area contributed by atoms with Crippen molar-refractivity contribution in [2.75, 3.05) is 0 Å². The van der Waals surface area contributed by atoms with E-state index in [2.05, 4.69) is 0 Å². The number of hydrogen-bond donors (Lipinski definition) is 2. The molecular weight excluding hydrogens is 180 g/mol. The van der Waals surface area contributed by atoms with Gasteiger partial charge in [-0.15, -0.1) is 0 Å². The topological polar surface area (TPSA) is 86.2 Å². The van der Waals surface area contributed by atoms with Crippen LogP contribution in [0.25, 0.3) is 0 Å². The van der Waals surface area contributed by atoms with Crippen molar-refractivity contribution in [1.82, 2.24) is 0 Å². The number of Topliss-reactive ketones (excluding diaryl/α,β-unsaturated/α-hetero) is 2. The van der Waals surface area contributed by atoms with Crippen LogP contribution in [0.15, 0.2) is 0 Å². The van der Waals surface area contributed by atoms with Crippen LogP contribution in [0.1, 0.15) is 25.7 Å². The van der Waals surface area contributed by atoms with E-state index in [1.807, 2.05) is 0 Å². The lowest BCUT2D eigenvalue weighted by atomic mass is 9.49. The lowest BCUT2D eigenvalue weighted by Crippen LogP contribution is -2.74. The van der Waals surface area contributed by atoms with Crippen molar-refractivity contribution in [3.8, 4) is 0 Å². The number of carbonyl (C=O) groups excluding carboxylic acids is 2. The minimum atomic E-state index is -0.783. The van der Waals surface area contributed by atoms with Gasteiger partial charge in [0.15, 0.2) is 11.6 Å². The SMILES string of the molecule is N[C@]12C[C@@H]3C[C@H](C[C@](N)(C1)C3=O)C2=O. The van der Waals surface area contributed by atoms with Crippen LogP contribution in [0.2, 0.25) is 0 Å². The van der Waals surface area contributed by atoms with Gasteiger partial charge < -0.3 is 11.5 Å². The van der Waals surface area contributed by atoms with Crippen molar-refractivity contribution < 1.29 is 9.59 Å². The number of hydrogen-bond acceptors (Lipinski definition) is 4. The van der Waals surface area contributed by atoms with E-state index in [1.165, 1.54) is 0 Å².